The standard InChI is InChI=1S/C22H22ClF2N3O3/c1-28-19(29)22(27-21(28)26,16-9-10-18(17(23)13-16)31-20(24)25)15-8-5-7-14(12-15)6-3-4-11-30-2/h3,5-10,12-13,20H,4,11H2,1-2H3,(H2,26,27). The normalized spacial score (nSPS) is 18.8. The minimum Gasteiger partial charge on any atom is -0.433 e. The van der Waals surface area contributed by atoms with Crippen molar-refractivity contribution in [2.45, 2.75) is 18.6 Å². The van der Waals surface area contributed by atoms with E-state index < -0.39 is 12.2 Å². The number of amides is 1. The minimum atomic E-state index is -3.02. The number of aliphatic imine (C=N–C) groups is 1. The van der Waals surface area contributed by atoms with E-state index in [2.05, 4.69) is 9.73 Å². The molecule has 1 unspecified atom stereocenters. The molecule has 31 heavy (non-hydrogen) atoms. The fourth-order valence-corrected chi connectivity index (χ4v) is 3.60. The molecule has 3 rings (SSSR count). The van der Waals surface area contributed by atoms with Gasteiger partial charge in [0.1, 0.15) is 5.75 Å². The SMILES string of the molecule is COCCC=Cc1cccc(C2(c3ccc(OC(F)F)c(Cl)c3)N=C(N)N(C)C2=O)c1. The average Bonchev–Trinajstić information content (AvgIpc) is 2.97. The third kappa shape index (κ3) is 4.55. The second-order valence-corrected chi connectivity index (χ2v) is 7.28. The maximum Gasteiger partial charge on any atom is 0.387 e. The predicted octanol–water partition coefficient (Wildman–Crippen LogP) is 4.02. The van der Waals surface area contributed by atoms with Gasteiger partial charge < -0.3 is 15.2 Å². The van der Waals surface area contributed by atoms with Crippen LogP contribution in [-0.2, 0) is 15.1 Å². The van der Waals surface area contributed by atoms with Crippen LogP contribution in [0.3, 0.4) is 0 Å². The fourth-order valence-electron chi connectivity index (χ4n) is 3.37. The van der Waals surface area contributed by atoms with E-state index in [1.54, 1.807) is 19.2 Å². The van der Waals surface area contributed by atoms with E-state index in [1.807, 2.05) is 24.3 Å². The zero-order chi connectivity index (χ0) is 22.6. The highest BCUT2D eigenvalue weighted by Gasteiger charge is 2.49. The number of likely N-dealkylation sites (N-methyl/N-ethyl adjacent to an activating group) is 1. The van der Waals surface area contributed by atoms with Gasteiger partial charge in [0, 0.05) is 20.8 Å². The summed E-state index contributed by atoms with van der Waals surface area (Å²) in [6, 6.07) is 11.5. The summed E-state index contributed by atoms with van der Waals surface area (Å²) < 4.78 is 34.7. The lowest BCUT2D eigenvalue weighted by atomic mass is 9.82. The summed E-state index contributed by atoms with van der Waals surface area (Å²) in [7, 11) is 3.15. The van der Waals surface area contributed by atoms with Gasteiger partial charge in [-0.05, 0) is 41.3 Å². The van der Waals surface area contributed by atoms with Crippen LogP contribution in [0.2, 0.25) is 5.02 Å². The number of methoxy groups -OCH3 is 1. The van der Waals surface area contributed by atoms with E-state index in [0.717, 1.165) is 12.0 Å². The lowest BCUT2D eigenvalue weighted by molar-refractivity contribution is -0.129. The molecule has 0 spiro atoms. The molecular formula is C22H22ClF2N3O3. The maximum absolute atomic E-state index is 13.3. The average molecular weight is 450 g/mol. The molecule has 0 aromatic heterocycles. The Morgan fingerprint density at radius 2 is 2.00 bits per heavy atom. The Kier molecular flexibility index (Phi) is 6.92. The number of benzene rings is 2. The molecule has 164 valence electrons. The Morgan fingerprint density at radius 3 is 2.61 bits per heavy atom. The van der Waals surface area contributed by atoms with E-state index in [9.17, 15) is 13.6 Å². The van der Waals surface area contributed by atoms with E-state index in [1.165, 1.54) is 30.1 Å². The van der Waals surface area contributed by atoms with Gasteiger partial charge in [0.15, 0.2) is 11.5 Å². The van der Waals surface area contributed by atoms with E-state index >= 15 is 0 Å². The molecule has 0 bridgehead atoms. The monoisotopic (exact) mass is 449 g/mol. The molecule has 0 radical (unpaired) electrons. The first-order valence-corrected chi connectivity index (χ1v) is 9.81. The number of halogens is 3. The van der Waals surface area contributed by atoms with Gasteiger partial charge in [-0.1, -0.05) is 48.0 Å². The molecule has 1 atom stereocenters. The van der Waals surface area contributed by atoms with Crippen molar-refractivity contribution in [1.29, 1.82) is 0 Å². The van der Waals surface area contributed by atoms with Crippen LogP contribution in [0.25, 0.3) is 6.08 Å². The van der Waals surface area contributed by atoms with Crippen molar-refractivity contribution in [3.63, 3.8) is 0 Å². The number of nitrogens with two attached hydrogens (primary N) is 1. The van der Waals surface area contributed by atoms with Crippen molar-refractivity contribution < 1.29 is 23.0 Å². The Hall–Kier alpha value is -2.97. The highest BCUT2D eigenvalue weighted by Crippen LogP contribution is 2.42. The second kappa shape index (κ2) is 9.45. The molecule has 0 saturated heterocycles. The van der Waals surface area contributed by atoms with E-state index in [0.29, 0.717) is 17.7 Å². The molecule has 0 aliphatic carbocycles. The Labute approximate surface area is 183 Å². The van der Waals surface area contributed by atoms with Crippen molar-refractivity contribution in [2.24, 2.45) is 10.7 Å². The molecule has 1 heterocycles. The van der Waals surface area contributed by atoms with Crippen LogP contribution in [0.4, 0.5) is 8.78 Å². The van der Waals surface area contributed by atoms with Crippen LogP contribution in [0.15, 0.2) is 53.5 Å². The quantitative estimate of drug-likeness (QED) is 0.617. The lowest BCUT2D eigenvalue weighted by Gasteiger charge is -2.27. The summed E-state index contributed by atoms with van der Waals surface area (Å²) in [4.78, 5) is 19.1. The number of nitrogens with zero attached hydrogens (tertiary/aromatic N) is 2. The highest BCUT2D eigenvalue weighted by atomic mass is 35.5. The third-order valence-electron chi connectivity index (χ3n) is 4.91. The first kappa shape index (κ1) is 22.7. The number of alkyl halides is 2. The zero-order valence-corrected chi connectivity index (χ0v) is 17.8. The van der Waals surface area contributed by atoms with Crippen molar-refractivity contribution in [3.8, 4) is 5.75 Å². The van der Waals surface area contributed by atoms with Gasteiger partial charge in [-0.15, -0.1) is 0 Å². The van der Waals surface area contributed by atoms with Gasteiger partial charge in [-0.25, -0.2) is 4.99 Å². The number of carbonyl (C=O) groups is 1. The topological polar surface area (TPSA) is 77.2 Å². The van der Waals surface area contributed by atoms with E-state index in [-0.39, 0.29) is 22.6 Å². The van der Waals surface area contributed by atoms with Gasteiger partial charge in [0.2, 0.25) is 0 Å². The summed E-state index contributed by atoms with van der Waals surface area (Å²) in [6.45, 7) is -2.43. The van der Waals surface area contributed by atoms with Gasteiger partial charge in [-0.3, -0.25) is 9.69 Å². The van der Waals surface area contributed by atoms with Crippen LogP contribution in [0.5, 0.6) is 5.75 Å². The summed E-state index contributed by atoms with van der Waals surface area (Å²) in [5.74, 6) is -0.541. The predicted molar refractivity (Wildman–Crippen MR) is 115 cm³/mol. The highest BCUT2D eigenvalue weighted by molar-refractivity contribution is 6.32. The van der Waals surface area contributed by atoms with Gasteiger partial charge in [0.25, 0.3) is 5.91 Å². The zero-order valence-electron chi connectivity index (χ0n) is 17.0. The summed E-state index contributed by atoms with van der Waals surface area (Å²) in [6.07, 6.45) is 4.61. The minimum absolute atomic E-state index is 0.0371. The number of rotatable bonds is 8. The molecule has 2 aromatic carbocycles. The molecule has 9 heteroatoms. The molecule has 0 fully saturated rings. The lowest BCUT2D eigenvalue weighted by Crippen LogP contribution is -2.41. The van der Waals surface area contributed by atoms with Crippen molar-refractivity contribution >= 4 is 29.5 Å². The van der Waals surface area contributed by atoms with E-state index in [4.69, 9.17) is 22.1 Å². The van der Waals surface area contributed by atoms with Crippen LogP contribution < -0.4 is 10.5 Å². The number of hydrogen-bond acceptors (Lipinski definition) is 5. The maximum atomic E-state index is 13.3. The largest absolute Gasteiger partial charge is 0.433 e. The summed E-state index contributed by atoms with van der Waals surface area (Å²) in [5, 5.41) is -0.0658. The first-order chi connectivity index (χ1) is 14.8. The van der Waals surface area contributed by atoms with Crippen molar-refractivity contribution in [1.82, 2.24) is 4.90 Å². The van der Waals surface area contributed by atoms with Gasteiger partial charge in [-0.2, -0.15) is 8.78 Å². The second-order valence-electron chi connectivity index (χ2n) is 6.88. The number of ether oxygens (including phenoxy) is 2. The molecule has 1 aliphatic rings. The first-order valence-electron chi connectivity index (χ1n) is 9.44. The molecule has 2 aromatic rings. The fraction of sp³-hybridized carbons (Fsp3) is 0.273. The molecule has 6 nitrogen and oxygen atoms in total. The molecule has 2 N–H and O–H groups in total. The van der Waals surface area contributed by atoms with Crippen LogP contribution in [-0.4, -0.2) is 44.1 Å². The Morgan fingerprint density at radius 1 is 1.26 bits per heavy atom. The summed E-state index contributed by atoms with van der Waals surface area (Å²) >= 11 is 6.17. The van der Waals surface area contributed by atoms with Gasteiger partial charge >= 0.3 is 6.61 Å². The molecule has 0 saturated carbocycles. The van der Waals surface area contributed by atoms with Gasteiger partial charge in [0.05, 0.1) is 5.02 Å². The third-order valence-corrected chi connectivity index (χ3v) is 5.20. The Balaban J connectivity index is 2.10. The Bertz CT molecular complexity index is 1030. The smallest absolute Gasteiger partial charge is 0.387 e. The molecular weight excluding hydrogens is 428 g/mol. The molecule has 1 amide bonds. The molecule has 1 aliphatic heterocycles. The van der Waals surface area contributed by atoms with Crippen LogP contribution >= 0.6 is 11.6 Å². The van der Waals surface area contributed by atoms with Crippen LogP contribution in [0, 0.1) is 0 Å². The number of carbonyl (C=O) groups excluding carboxylic acids is 1. The van der Waals surface area contributed by atoms with Crippen molar-refractivity contribution in [3.05, 3.63) is 70.3 Å². The van der Waals surface area contributed by atoms with Crippen LogP contribution in [0.1, 0.15) is 23.1 Å². The summed E-state index contributed by atoms with van der Waals surface area (Å²) in [5.41, 5.74) is 6.28. The number of hydrogen-bond donors (Lipinski definition) is 1. The van der Waals surface area contributed by atoms with Crippen molar-refractivity contribution in [2.75, 3.05) is 20.8 Å². The number of guanidine groups is 1.